The van der Waals surface area contributed by atoms with Crippen LogP contribution in [0.25, 0.3) is 0 Å². The van der Waals surface area contributed by atoms with E-state index in [0.717, 1.165) is 12.1 Å². The van der Waals surface area contributed by atoms with E-state index in [1.165, 1.54) is 6.07 Å². The highest BCUT2D eigenvalue weighted by molar-refractivity contribution is 7.80. The molecule has 0 amide bonds. The quantitative estimate of drug-likeness (QED) is 0.601. The van der Waals surface area contributed by atoms with E-state index in [1.54, 1.807) is 0 Å². The first-order chi connectivity index (χ1) is 6.65. The van der Waals surface area contributed by atoms with Gasteiger partial charge in [0.05, 0.1) is 0 Å². The molecule has 14 heavy (non-hydrogen) atoms. The summed E-state index contributed by atoms with van der Waals surface area (Å²) in [6.07, 6.45) is 0. The van der Waals surface area contributed by atoms with Gasteiger partial charge in [0, 0.05) is 5.75 Å². The molecule has 0 N–H and O–H groups in total. The summed E-state index contributed by atoms with van der Waals surface area (Å²) in [5, 5.41) is 0. The van der Waals surface area contributed by atoms with Crippen LogP contribution in [0.1, 0.15) is 0 Å². The first kappa shape index (κ1) is 11.0. The van der Waals surface area contributed by atoms with Gasteiger partial charge in [0.25, 0.3) is 0 Å². The first-order valence-corrected chi connectivity index (χ1v) is 4.62. The van der Waals surface area contributed by atoms with Crippen molar-refractivity contribution in [1.82, 2.24) is 0 Å². The fourth-order valence-corrected chi connectivity index (χ4v) is 0.932. The van der Waals surface area contributed by atoms with Crippen molar-refractivity contribution in [3.63, 3.8) is 0 Å². The monoisotopic (exact) mass is 216 g/mol. The Morgan fingerprint density at radius 1 is 1.36 bits per heavy atom. The maximum absolute atomic E-state index is 13.0. The van der Waals surface area contributed by atoms with E-state index in [-0.39, 0.29) is 12.4 Å². The molecule has 0 fully saturated rings. The van der Waals surface area contributed by atoms with Crippen LogP contribution >= 0.6 is 12.6 Å². The highest BCUT2D eigenvalue weighted by atomic mass is 32.1. The molecule has 1 rings (SSSR count). The highest BCUT2D eigenvalue weighted by Gasteiger charge is 2.09. The van der Waals surface area contributed by atoms with E-state index in [4.69, 9.17) is 4.74 Å². The molecule has 0 aliphatic carbocycles. The van der Waals surface area contributed by atoms with Crippen molar-refractivity contribution in [3.05, 3.63) is 42.0 Å². The standard InChI is InChI=1S/C10H10F2OS/c1-7(6-14)5-13-10-8(11)3-2-4-9(10)12/h2-4,14H,1,5-6H2. The lowest BCUT2D eigenvalue weighted by Crippen LogP contribution is -2.04. The van der Waals surface area contributed by atoms with Gasteiger partial charge in [-0.15, -0.1) is 0 Å². The van der Waals surface area contributed by atoms with Crippen molar-refractivity contribution in [1.29, 1.82) is 0 Å². The number of hydrogen-bond donors (Lipinski definition) is 1. The van der Waals surface area contributed by atoms with Gasteiger partial charge in [-0.2, -0.15) is 12.6 Å². The van der Waals surface area contributed by atoms with Gasteiger partial charge in [-0.25, -0.2) is 8.78 Å². The SMILES string of the molecule is C=C(CS)COc1c(F)cccc1F. The summed E-state index contributed by atoms with van der Waals surface area (Å²) < 4.78 is 30.9. The lowest BCUT2D eigenvalue weighted by Gasteiger charge is -2.08. The van der Waals surface area contributed by atoms with Crippen molar-refractivity contribution in [2.45, 2.75) is 0 Å². The smallest absolute Gasteiger partial charge is 0.191 e. The van der Waals surface area contributed by atoms with Crippen LogP contribution in [-0.2, 0) is 0 Å². The van der Waals surface area contributed by atoms with Crippen LogP contribution in [-0.4, -0.2) is 12.4 Å². The lowest BCUT2D eigenvalue weighted by molar-refractivity contribution is 0.313. The largest absolute Gasteiger partial charge is 0.483 e. The lowest BCUT2D eigenvalue weighted by atomic mass is 10.3. The van der Waals surface area contributed by atoms with Gasteiger partial charge in [-0.1, -0.05) is 12.6 Å². The molecule has 0 bridgehead atoms. The summed E-state index contributed by atoms with van der Waals surface area (Å²) >= 11 is 3.95. The topological polar surface area (TPSA) is 9.23 Å². The number of rotatable bonds is 4. The number of halogens is 2. The summed E-state index contributed by atoms with van der Waals surface area (Å²) in [7, 11) is 0. The molecule has 0 radical (unpaired) electrons. The fourth-order valence-electron chi connectivity index (χ4n) is 0.840. The molecule has 1 aromatic rings. The zero-order chi connectivity index (χ0) is 10.6. The zero-order valence-corrected chi connectivity index (χ0v) is 8.36. The predicted octanol–water partition coefficient (Wildman–Crippen LogP) is 2.83. The van der Waals surface area contributed by atoms with Gasteiger partial charge in [0.2, 0.25) is 0 Å². The zero-order valence-electron chi connectivity index (χ0n) is 7.46. The molecule has 0 saturated carbocycles. The molecule has 0 aliphatic heterocycles. The Bertz CT molecular complexity index is 319. The van der Waals surface area contributed by atoms with Gasteiger partial charge < -0.3 is 4.74 Å². The van der Waals surface area contributed by atoms with Gasteiger partial charge in [-0.3, -0.25) is 0 Å². The molecule has 0 heterocycles. The van der Waals surface area contributed by atoms with E-state index >= 15 is 0 Å². The summed E-state index contributed by atoms with van der Waals surface area (Å²) in [5.74, 6) is -1.36. The molecule has 0 aromatic heterocycles. The van der Waals surface area contributed by atoms with Crippen LogP contribution in [0.2, 0.25) is 0 Å². The Kier molecular flexibility index (Phi) is 3.95. The molecule has 1 nitrogen and oxygen atoms in total. The average molecular weight is 216 g/mol. The van der Waals surface area contributed by atoms with Gasteiger partial charge >= 0.3 is 0 Å². The van der Waals surface area contributed by atoms with E-state index in [9.17, 15) is 8.78 Å². The second-order valence-electron chi connectivity index (χ2n) is 2.75. The molecule has 1 aromatic carbocycles. The van der Waals surface area contributed by atoms with Crippen LogP contribution in [0, 0.1) is 11.6 Å². The van der Waals surface area contributed by atoms with Crippen molar-refractivity contribution in [3.8, 4) is 5.75 Å². The summed E-state index contributed by atoms with van der Waals surface area (Å²) in [6, 6.07) is 3.56. The molecule has 0 aliphatic rings. The Labute approximate surface area is 86.8 Å². The first-order valence-electron chi connectivity index (χ1n) is 3.99. The minimum absolute atomic E-state index is 0.0708. The number of para-hydroxylation sites is 1. The third-order valence-corrected chi connectivity index (χ3v) is 2.01. The van der Waals surface area contributed by atoms with Gasteiger partial charge in [-0.05, 0) is 17.7 Å². The fraction of sp³-hybridized carbons (Fsp3) is 0.200. The number of ether oxygens (including phenoxy) is 1. The summed E-state index contributed by atoms with van der Waals surface area (Å²) in [4.78, 5) is 0. The maximum Gasteiger partial charge on any atom is 0.191 e. The highest BCUT2D eigenvalue weighted by Crippen LogP contribution is 2.21. The Hall–Kier alpha value is -1.03. The maximum atomic E-state index is 13.0. The van der Waals surface area contributed by atoms with Crippen LogP contribution in [0.5, 0.6) is 5.75 Å². The number of benzene rings is 1. The van der Waals surface area contributed by atoms with Crippen molar-refractivity contribution in [2.75, 3.05) is 12.4 Å². The molecule has 76 valence electrons. The second-order valence-corrected chi connectivity index (χ2v) is 3.06. The van der Waals surface area contributed by atoms with E-state index in [1.807, 2.05) is 0 Å². The molecule has 0 atom stereocenters. The molecular weight excluding hydrogens is 206 g/mol. The van der Waals surface area contributed by atoms with Crippen LogP contribution in [0.15, 0.2) is 30.4 Å². The molecular formula is C10H10F2OS. The van der Waals surface area contributed by atoms with E-state index < -0.39 is 11.6 Å². The van der Waals surface area contributed by atoms with E-state index in [2.05, 4.69) is 19.2 Å². The Balaban J connectivity index is 2.71. The van der Waals surface area contributed by atoms with Crippen LogP contribution in [0.4, 0.5) is 8.78 Å². The second kappa shape index (κ2) is 5.00. The minimum atomic E-state index is -0.711. The van der Waals surface area contributed by atoms with Gasteiger partial charge in [0.1, 0.15) is 6.61 Å². The van der Waals surface area contributed by atoms with E-state index in [0.29, 0.717) is 11.3 Å². The molecule has 4 heteroatoms. The number of hydrogen-bond acceptors (Lipinski definition) is 2. The normalized spacial score (nSPS) is 9.93. The van der Waals surface area contributed by atoms with Gasteiger partial charge in [0.15, 0.2) is 17.4 Å². The minimum Gasteiger partial charge on any atom is -0.483 e. The Morgan fingerprint density at radius 2 is 1.93 bits per heavy atom. The Morgan fingerprint density at radius 3 is 2.43 bits per heavy atom. The van der Waals surface area contributed by atoms with Crippen molar-refractivity contribution in [2.24, 2.45) is 0 Å². The third-order valence-electron chi connectivity index (χ3n) is 1.56. The van der Waals surface area contributed by atoms with Crippen LogP contribution in [0.3, 0.4) is 0 Å². The predicted molar refractivity (Wildman–Crippen MR) is 54.8 cm³/mol. The van der Waals surface area contributed by atoms with Crippen molar-refractivity contribution < 1.29 is 13.5 Å². The van der Waals surface area contributed by atoms with Crippen molar-refractivity contribution >= 4 is 12.6 Å². The summed E-state index contributed by atoms with van der Waals surface area (Å²) in [5.41, 5.74) is 0.663. The molecule has 0 saturated heterocycles. The summed E-state index contributed by atoms with van der Waals surface area (Å²) in [6.45, 7) is 3.67. The number of thiol groups is 1. The third kappa shape index (κ3) is 2.73. The van der Waals surface area contributed by atoms with Crippen LogP contribution < -0.4 is 4.74 Å². The molecule has 0 unspecified atom stereocenters. The molecule has 0 spiro atoms. The average Bonchev–Trinajstić information content (AvgIpc) is 2.16.